The summed E-state index contributed by atoms with van der Waals surface area (Å²) in [6, 6.07) is 12.9. The number of nitrogens with zero attached hydrogens (tertiary/aromatic N) is 4. The zero-order valence-corrected chi connectivity index (χ0v) is 15.4. The molecule has 2 aromatic heterocycles. The molecule has 3 aromatic rings. The van der Waals surface area contributed by atoms with E-state index in [0.29, 0.717) is 24.5 Å². The quantitative estimate of drug-likeness (QED) is 0.692. The zero-order valence-electron chi connectivity index (χ0n) is 15.4. The molecule has 0 spiro atoms. The van der Waals surface area contributed by atoms with Gasteiger partial charge in [0.25, 0.3) is 5.91 Å². The molecule has 1 N–H and O–H groups in total. The van der Waals surface area contributed by atoms with Gasteiger partial charge >= 0.3 is 0 Å². The van der Waals surface area contributed by atoms with Crippen LogP contribution in [0.15, 0.2) is 59.4 Å². The second-order valence-electron chi connectivity index (χ2n) is 6.29. The topological polar surface area (TPSA) is 82.7 Å². The monoisotopic (exact) mass is 366 g/mol. The van der Waals surface area contributed by atoms with Gasteiger partial charge in [-0.05, 0) is 30.3 Å². The number of hydrogen-bond acceptors (Lipinski definition) is 6. The molecule has 0 fully saturated rings. The van der Waals surface area contributed by atoms with Crippen LogP contribution in [0.25, 0.3) is 11.3 Å². The van der Waals surface area contributed by atoms with E-state index < -0.39 is 0 Å². The Morgan fingerprint density at radius 3 is 2.44 bits per heavy atom. The van der Waals surface area contributed by atoms with E-state index >= 15 is 0 Å². The lowest BCUT2D eigenvalue weighted by molar-refractivity contribution is 0.0785. The Hall–Kier alpha value is -3.19. The molecule has 0 aliphatic heterocycles. The maximum absolute atomic E-state index is 12.5. The molecule has 0 aliphatic carbocycles. The Morgan fingerprint density at radius 1 is 1.07 bits per heavy atom. The van der Waals surface area contributed by atoms with Crippen LogP contribution in [0.4, 0.5) is 5.82 Å². The largest absolute Gasteiger partial charge is 0.472 e. The fourth-order valence-corrected chi connectivity index (χ4v) is 2.68. The number of aliphatic hydroxyl groups is 1. The molecule has 0 aliphatic rings. The van der Waals surface area contributed by atoms with Gasteiger partial charge in [-0.1, -0.05) is 12.1 Å². The third-order valence-electron chi connectivity index (χ3n) is 4.25. The molecule has 1 amide bonds. The van der Waals surface area contributed by atoms with Crippen LogP contribution in [0.3, 0.4) is 0 Å². The van der Waals surface area contributed by atoms with Crippen molar-refractivity contribution >= 4 is 11.7 Å². The first-order valence-electron chi connectivity index (χ1n) is 8.61. The van der Waals surface area contributed by atoms with Crippen LogP contribution in [0, 0.1) is 0 Å². The van der Waals surface area contributed by atoms with Crippen LogP contribution < -0.4 is 4.90 Å². The highest BCUT2D eigenvalue weighted by atomic mass is 16.3. The van der Waals surface area contributed by atoms with Gasteiger partial charge in [0.2, 0.25) is 0 Å². The predicted molar refractivity (Wildman–Crippen MR) is 102 cm³/mol. The van der Waals surface area contributed by atoms with Gasteiger partial charge in [0.15, 0.2) is 5.82 Å². The van der Waals surface area contributed by atoms with Crippen LogP contribution in [0.1, 0.15) is 15.9 Å². The number of hydrogen-bond donors (Lipinski definition) is 1. The maximum atomic E-state index is 12.5. The van der Waals surface area contributed by atoms with E-state index in [-0.39, 0.29) is 12.5 Å². The van der Waals surface area contributed by atoms with Crippen LogP contribution in [0.5, 0.6) is 0 Å². The molecular weight excluding hydrogens is 344 g/mol. The number of rotatable bonds is 7. The molecule has 7 nitrogen and oxygen atoms in total. The van der Waals surface area contributed by atoms with E-state index in [1.807, 2.05) is 42.3 Å². The van der Waals surface area contributed by atoms with Gasteiger partial charge in [0.05, 0.1) is 24.8 Å². The summed E-state index contributed by atoms with van der Waals surface area (Å²) in [4.78, 5) is 16.0. The summed E-state index contributed by atoms with van der Waals surface area (Å²) in [6.07, 6.45) is 3.23. The lowest BCUT2D eigenvalue weighted by Gasteiger charge is -2.17. The number of carbonyl (C=O) groups excluding carboxylic acids is 1. The Morgan fingerprint density at radius 2 is 1.85 bits per heavy atom. The number of amides is 1. The van der Waals surface area contributed by atoms with Crippen molar-refractivity contribution in [2.45, 2.75) is 6.54 Å². The van der Waals surface area contributed by atoms with Crippen molar-refractivity contribution in [2.24, 2.45) is 0 Å². The first-order chi connectivity index (χ1) is 13.1. The molecule has 0 bridgehead atoms. The van der Waals surface area contributed by atoms with Gasteiger partial charge in [0, 0.05) is 43.9 Å². The fraction of sp³-hybridized carbons (Fsp3) is 0.250. The molecule has 3 rings (SSSR count). The molecule has 0 unspecified atom stereocenters. The summed E-state index contributed by atoms with van der Waals surface area (Å²) >= 11 is 0. The molecule has 2 heterocycles. The van der Waals surface area contributed by atoms with E-state index in [0.717, 1.165) is 16.8 Å². The molecule has 0 saturated carbocycles. The van der Waals surface area contributed by atoms with Crippen molar-refractivity contribution < 1.29 is 14.3 Å². The second-order valence-corrected chi connectivity index (χ2v) is 6.29. The number of aliphatic hydroxyl groups excluding tert-OH is 1. The molecule has 0 saturated heterocycles. The number of benzene rings is 1. The van der Waals surface area contributed by atoms with Gasteiger partial charge in [0.1, 0.15) is 0 Å². The summed E-state index contributed by atoms with van der Waals surface area (Å²) in [6.45, 7) is 1.05. The van der Waals surface area contributed by atoms with Crippen LogP contribution in [-0.4, -0.2) is 53.4 Å². The van der Waals surface area contributed by atoms with Crippen molar-refractivity contribution in [2.75, 3.05) is 32.1 Å². The van der Waals surface area contributed by atoms with Crippen LogP contribution >= 0.6 is 0 Å². The van der Waals surface area contributed by atoms with E-state index in [4.69, 9.17) is 9.52 Å². The Kier molecular flexibility index (Phi) is 5.83. The number of carbonyl (C=O) groups is 1. The number of aromatic nitrogens is 2. The lowest BCUT2D eigenvalue weighted by atomic mass is 10.1. The Labute approximate surface area is 157 Å². The number of furan rings is 1. The number of likely N-dealkylation sites (N-methyl/N-ethyl adjacent to an activating group) is 1. The van der Waals surface area contributed by atoms with E-state index in [9.17, 15) is 4.79 Å². The van der Waals surface area contributed by atoms with Crippen LogP contribution in [-0.2, 0) is 6.54 Å². The first kappa shape index (κ1) is 18.6. The number of anilines is 1. The molecule has 0 radical (unpaired) electrons. The summed E-state index contributed by atoms with van der Waals surface area (Å²) in [5, 5.41) is 17.4. The van der Waals surface area contributed by atoms with Crippen LogP contribution in [0.2, 0.25) is 0 Å². The third-order valence-corrected chi connectivity index (χ3v) is 4.25. The molecular formula is C20H22N4O3. The lowest BCUT2D eigenvalue weighted by Crippen LogP contribution is -2.25. The zero-order chi connectivity index (χ0) is 19.2. The van der Waals surface area contributed by atoms with Gasteiger partial charge in [-0.3, -0.25) is 4.79 Å². The average Bonchev–Trinajstić information content (AvgIpc) is 3.21. The van der Waals surface area contributed by atoms with Crippen molar-refractivity contribution in [3.63, 3.8) is 0 Å². The van der Waals surface area contributed by atoms with Crippen molar-refractivity contribution in [1.29, 1.82) is 0 Å². The molecule has 140 valence electrons. The maximum Gasteiger partial charge on any atom is 0.253 e. The summed E-state index contributed by atoms with van der Waals surface area (Å²) in [7, 11) is 3.61. The van der Waals surface area contributed by atoms with E-state index in [1.54, 1.807) is 36.6 Å². The smallest absolute Gasteiger partial charge is 0.253 e. The first-order valence-corrected chi connectivity index (χ1v) is 8.61. The van der Waals surface area contributed by atoms with Crippen molar-refractivity contribution in [3.8, 4) is 11.3 Å². The molecule has 0 atom stereocenters. The minimum atomic E-state index is -0.0604. The van der Waals surface area contributed by atoms with Gasteiger partial charge in [-0.2, -0.15) is 0 Å². The van der Waals surface area contributed by atoms with E-state index in [1.165, 1.54) is 0 Å². The SMILES string of the molecule is CN(Cc1ccoc1)C(=O)c1ccc(-c2ccc(N(C)CCO)nn2)cc1. The minimum absolute atomic E-state index is 0.0600. The Bertz CT molecular complexity index is 861. The average molecular weight is 366 g/mol. The summed E-state index contributed by atoms with van der Waals surface area (Å²) < 4.78 is 5.04. The van der Waals surface area contributed by atoms with Gasteiger partial charge < -0.3 is 19.3 Å². The molecule has 7 heteroatoms. The predicted octanol–water partition coefficient (Wildman–Crippen LogP) is 2.44. The van der Waals surface area contributed by atoms with Gasteiger partial charge in [-0.15, -0.1) is 10.2 Å². The normalized spacial score (nSPS) is 10.6. The highest BCUT2D eigenvalue weighted by molar-refractivity contribution is 5.94. The highest BCUT2D eigenvalue weighted by Gasteiger charge is 2.13. The third kappa shape index (κ3) is 4.51. The fourth-order valence-electron chi connectivity index (χ4n) is 2.68. The van der Waals surface area contributed by atoms with Gasteiger partial charge in [-0.25, -0.2) is 0 Å². The van der Waals surface area contributed by atoms with Crippen molar-refractivity contribution in [1.82, 2.24) is 15.1 Å². The molecule has 1 aromatic carbocycles. The standard InChI is InChI=1S/C20H22N4O3/c1-23(10-11-25)19-8-7-18(21-22-19)16-3-5-17(6-4-16)20(26)24(2)13-15-9-12-27-14-15/h3-9,12,14,25H,10-11,13H2,1-2H3. The summed E-state index contributed by atoms with van der Waals surface area (Å²) in [5.74, 6) is 0.635. The second kappa shape index (κ2) is 8.46. The van der Waals surface area contributed by atoms with E-state index in [2.05, 4.69) is 10.2 Å². The van der Waals surface area contributed by atoms with Crippen molar-refractivity contribution in [3.05, 3.63) is 66.1 Å². The minimum Gasteiger partial charge on any atom is -0.472 e. The molecule has 27 heavy (non-hydrogen) atoms. The Balaban J connectivity index is 1.68. The highest BCUT2D eigenvalue weighted by Crippen LogP contribution is 2.19. The summed E-state index contributed by atoms with van der Waals surface area (Å²) in [5.41, 5.74) is 3.16.